The summed E-state index contributed by atoms with van der Waals surface area (Å²) < 4.78 is 69.8. The van der Waals surface area contributed by atoms with Gasteiger partial charge in [0.2, 0.25) is 0 Å². The number of benzene rings is 1. The van der Waals surface area contributed by atoms with E-state index in [1.807, 2.05) is 12.2 Å². The Morgan fingerprint density at radius 1 is 1.29 bits per heavy atom. The maximum Gasteiger partial charge on any atom is 0.435 e. The maximum atomic E-state index is 13.1. The van der Waals surface area contributed by atoms with E-state index < -0.39 is 27.2 Å². The van der Waals surface area contributed by atoms with Crippen LogP contribution in [0.1, 0.15) is 36.1 Å². The molecule has 0 N–H and O–H groups in total. The molecule has 1 aromatic carbocycles. The van der Waals surface area contributed by atoms with Gasteiger partial charge in [-0.15, -0.1) is 0 Å². The van der Waals surface area contributed by atoms with Gasteiger partial charge >= 0.3 is 6.18 Å². The molecule has 1 aliphatic carbocycles. The first-order valence-electron chi connectivity index (χ1n) is 8.71. The fraction of sp³-hybridized carbons (Fsp3) is 0.421. The molecule has 3 rings (SSSR count). The third-order valence-corrected chi connectivity index (χ3v) is 6.07. The van der Waals surface area contributed by atoms with Crippen molar-refractivity contribution in [2.24, 2.45) is 0 Å². The second kappa shape index (κ2) is 7.36. The number of rotatable bonds is 5. The van der Waals surface area contributed by atoms with E-state index in [0.29, 0.717) is 17.5 Å². The Morgan fingerprint density at radius 3 is 2.57 bits per heavy atom. The number of hydrogen-bond acceptors (Lipinski definition) is 4. The largest absolute Gasteiger partial charge is 0.435 e. The van der Waals surface area contributed by atoms with E-state index in [-0.39, 0.29) is 11.5 Å². The molecule has 1 aliphatic rings. The lowest BCUT2D eigenvalue weighted by Gasteiger charge is -2.35. The molecule has 0 amide bonds. The summed E-state index contributed by atoms with van der Waals surface area (Å²) in [5, 5.41) is 3.79. The van der Waals surface area contributed by atoms with Gasteiger partial charge in [-0.1, -0.05) is 18.2 Å². The van der Waals surface area contributed by atoms with E-state index in [0.717, 1.165) is 25.2 Å². The molecule has 9 heteroatoms. The van der Waals surface area contributed by atoms with Crippen molar-refractivity contribution in [3.05, 3.63) is 59.4 Å². The smallest absolute Gasteiger partial charge is 0.380 e. The van der Waals surface area contributed by atoms with Crippen LogP contribution >= 0.6 is 0 Å². The molecule has 0 spiro atoms. The van der Waals surface area contributed by atoms with Crippen LogP contribution in [0.25, 0.3) is 0 Å². The van der Waals surface area contributed by atoms with Crippen LogP contribution in [0.5, 0.6) is 0 Å². The quantitative estimate of drug-likeness (QED) is 0.696. The Balaban J connectivity index is 2.18. The third kappa shape index (κ3) is 3.86. The molecule has 2 aromatic rings. The van der Waals surface area contributed by atoms with Crippen LogP contribution in [0.3, 0.4) is 0 Å². The Morgan fingerprint density at radius 2 is 2.04 bits per heavy atom. The molecule has 0 aliphatic heterocycles. The van der Waals surface area contributed by atoms with E-state index in [2.05, 4.69) is 5.10 Å². The van der Waals surface area contributed by atoms with Crippen LogP contribution < -0.4 is 0 Å². The molecule has 1 atom stereocenters. The van der Waals surface area contributed by atoms with E-state index in [1.54, 1.807) is 12.1 Å². The topological polar surface area (TPSA) is 61.2 Å². The van der Waals surface area contributed by atoms with Gasteiger partial charge in [0, 0.05) is 19.6 Å². The molecule has 0 saturated heterocycles. The van der Waals surface area contributed by atoms with Crippen molar-refractivity contribution in [1.29, 1.82) is 0 Å². The molecule has 1 unspecified atom stereocenters. The number of allylic oxidation sites excluding steroid dienone is 2. The van der Waals surface area contributed by atoms with E-state index in [1.165, 1.54) is 24.1 Å². The summed E-state index contributed by atoms with van der Waals surface area (Å²) in [4.78, 5) is 0.143. The molecule has 1 aromatic heterocycles. The van der Waals surface area contributed by atoms with Crippen molar-refractivity contribution in [2.75, 3.05) is 13.4 Å². The number of hydrogen-bond donors (Lipinski definition) is 0. The minimum Gasteiger partial charge on any atom is -0.380 e. The lowest BCUT2D eigenvalue weighted by atomic mass is 9.81. The van der Waals surface area contributed by atoms with Crippen LogP contribution in [-0.2, 0) is 32.9 Å². The normalized spacial score (nSPS) is 20.5. The molecule has 0 radical (unpaired) electrons. The summed E-state index contributed by atoms with van der Waals surface area (Å²) in [5.74, 6) is 0. The van der Waals surface area contributed by atoms with Gasteiger partial charge in [-0.2, -0.15) is 18.3 Å². The summed E-state index contributed by atoms with van der Waals surface area (Å²) >= 11 is 0. The van der Waals surface area contributed by atoms with Gasteiger partial charge in [0.25, 0.3) is 0 Å². The Bertz CT molecular complexity index is 996. The monoisotopic (exact) mass is 414 g/mol. The summed E-state index contributed by atoms with van der Waals surface area (Å²) in [7, 11) is -2.02. The number of nitrogens with zero attached hydrogens (tertiary/aromatic N) is 2. The van der Waals surface area contributed by atoms with Gasteiger partial charge in [0.15, 0.2) is 15.5 Å². The van der Waals surface area contributed by atoms with Gasteiger partial charge in [0.05, 0.1) is 11.5 Å². The molecular formula is C19H21F3N2O3S. The van der Waals surface area contributed by atoms with Gasteiger partial charge in [-0.05, 0) is 48.6 Å². The zero-order chi connectivity index (χ0) is 20.6. The number of halogens is 3. The third-order valence-electron chi connectivity index (χ3n) is 4.87. The maximum absolute atomic E-state index is 13.1. The molecule has 0 fully saturated rings. The van der Waals surface area contributed by atoms with Crippen LogP contribution in [0.4, 0.5) is 13.2 Å². The van der Waals surface area contributed by atoms with Crippen molar-refractivity contribution < 1.29 is 26.3 Å². The highest BCUT2D eigenvalue weighted by molar-refractivity contribution is 7.90. The van der Waals surface area contributed by atoms with Crippen LogP contribution in [0, 0.1) is 0 Å². The van der Waals surface area contributed by atoms with Crippen molar-refractivity contribution in [2.45, 2.75) is 42.5 Å². The van der Waals surface area contributed by atoms with E-state index >= 15 is 0 Å². The van der Waals surface area contributed by atoms with E-state index in [4.69, 9.17) is 4.74 Å². The number of sulfone groups is 1. The van der Waals surface area contributed by atoms with Crippen molar-refractivity contribution in [3.8, 4) is 0 Å². The lowest BCUT2D eigenvalue weighted by molar-refractivity contribution is -0.141. The number of methoxy groups -OCH3 is 1. The first-order chi connectivity index (χ1) is 13.1. The highest BCUT2D eigenvalue weighted by atomic mass is 32.2. The van der Waals surface area contributed by atoms with Crippen molar-refractivity contribution >= 4 is 9.84 Å². The molecule has 0 bridgehead atoms. The van der Waals surface area contributed by atoms with Gasteiger partial charge in [-0.25, -0.2) is 8.42 Å². The zero-order valence-corrected chi connectivity index (χ0v) is 16.3. The second-order valence-corrected chi connectivity index (χ2v) is 8.87. The standard InChI is InChI=1S/C19H21F3N2O3S/c1-27-13-14-12-15(6-7-16(14)28(2,25)26)18(9-4-3-5-10-18)24-11-8-17(23-24)19(20,21)22/h4,6-9,11-12H,3,5,10,13H2,1-2H3. The first kappa shape index (κ1) is 20.6. The predicted octanol–water partition coefficient (Wildman–Crippen LogP) is 3.94. The van der Waals surface area contributed by atoms with Gasteiger partial charge in [0.1, 0.15) is 5.54 Å². The fourth-order valence-corrected chi connectivity index (χ4v) is 4.50. The Labute approximate surface area is 161 Å². The zero-order valence-electron chi connectivity index (χ0n) is 15.5. The summed E-state index contributed by atoms with van der Waals surface area (Å²) in [6.07, 6.45) is 3.79. The first-order valence-corrected chi connectivity index (χ1v) is 10.6. The summed E-state index contributed by atoms with van der Waals surface area (Å²) in [6.45, 7) is 0.0724. The Hall–Kier alpha value is -2.13. The molecular weight excluding hydrogens is 393 g/mol. The van der Waals surface area contributed by atoms with E-state index in [9.17, 15) is 21.6 Å². The van der Waals surface area contributed by atoms with Gasteiger partial charge in [-0.3, -0.25) is 4.68 Å². The van der Waals surface area contributed by atoms with Crippen molar-refractivity contribution in [1.82, 2.24) is 9.78 Å². The predicted molar refractivity (Wildman–Crippen MR) is 97.6 cm³/mol. The highest BCUT2D eigenvalue weighted by Gasteiger charge is 2.39. The van der Waals surface area contributed by atoms with Crippen molar-refractivity contribution in [3.63, 3.8) is 0 Å². The average molecular weight is 414 g/mol. The minimum absolute atomic E-state index is 0.0724. The molecule has 0 saturated carbocycles. The minimum atomic E-state index is -4.54. The fourth-order valence-electron chi connectivity index (χ4n) is 3.59. The van der Waals surface area contributed by atoms with Crippen LogP contribution in [-0.4, -0.2) is 31.6 Å². The number of aromatic nitrogens is 2. The SMILES string of the molecule is COCc1cc(C2(n3ccc(C(F)(F)F)n3)C=CCCC2)ccc1S(C)(=O)=O. The molecule has 152 valence electrons. The molecule has 1 heterocycles. The lowest BCUT2D eigenvalue weighted by Crippen LogP contribution is -2.35. The average Bonchev–Trinajstić information content (AvgIpc) is 3.13. The summed E-state index contributed by atoms with van der Waals surface area (Å²) in [5.41, 5.74) is -0.750. The highest BCUT2D eigenvalue weighted by Crippen LogP contribution is 2.39. The second-order valence-electron chi connectivity index (χ2n) is 6.89. The van der Waals surface area contributed by atoms with Crippen LogP contribution in [0.2, 0.25) is 0 Å². The molecule has 5 nitrogen and oxygen atoms in total. The van der Waals surface area contributed by atoms with Crippen LogP contribution in [0.15, 0.2) is 47.5 Å². The number of alkyl halides is 3. The van der Waals surface area contributed by atoms with Gasteiger partial charge < -0.3 is 4.74 Å². The Kier molecular flexibility index (Phi) is 5.42. The molecule has 28 heavy (non-hydrogen) atoms. The number of ether oxygens (including phenoxy) is 1. The summed E-state index contributed by atoms with van der Waals surface area (Å²) in [6, 6.07) is 5.76.